The molecule has 1 unspecified atom stereocenters. The predicted octanol–water partition coefficient (Wildman–Crippen LogP) is 3.31. The topological polar surface area (TPSA) is 82.2 Å². The maximum atomic E-state index is 12.2. The zero-order chi connectivity index (χ0) is 15.7. The van der Waals surface area contributed by atoms with Crippen molar-refractivity contribution in [1.82, 2.24) is 10.3 Å². The molecule has 21 heavy (non-hydrogen) atoms. The molecule has 0 fully saturated rings. The number of aromatic nitrogens is 1. The van der Waals surface area contributed by atoms with Gasteiger partial charge in [-0.15, -0.1) is 0 Å². The fourth-order valence-corrected chi connectivity index (χ4v) is 2.48. The van der Waals surface area contributed by atoms with Gasteiger partial charge in [0, 0.05) is 15.9 Å². The van der Waals surface area contributed by atoms with Gasteiger partial charge >= 0.3 is 5.97 Å². The van der Waals surface area contributed by atoms with E-state index in [-0.39, 0.29) is 16.6 Å². The first-order chi connectivity index (χ1) is 9.81. The van der Waals surface area contributed by atoms with Crippen molar-refractivity contribution in [2.45, 2.75) is 19.9 Å². The minimum absolute atomic E-state index is 0.126. The third-order valence-electron chi connectivity index (χ3n) is 3.14. The second-order valence-electron chi connectivity index (χ2n) is 5.04. The monoisotopic (exact) mass is 328 g/mol. The molecule has 2 aromatic rings. The Labute approximate surface area is 131 Å². The molecule has 3 N–H and O–H groups in total. The van der Waals surface area contributed by atoms with E-state index in [0.717, 1.165) is 0 Å². The third-order valence-corrected chi connectivity index (χ3v) is 3.77. The number of hydrogen-bond donors (Lipinski definition) is 3. The number of rotatable bonds is 4. The number of carboxylic acids is 1. The number of halogens is 2. The molecular weight excluding hydrogens is 315 g/mol. The molecule has 0 spiro atoms. The van der Waals surface area contributed by atoms with Crippen molar-refractivity contribution in [3.63, 3.8) is 0 Å². The number of benzene rings is 1. The highest BCUT2D eigenvalue weighted by atomic mass is 35.5. The molecule has 0 aliphatic carbocycles. The van der Waals surface area contributed by atoms with E-state index in [1.807, 2.05) is 0 Å². The van der Waals surface area contributed by atoms with Gasteiger partial charge < -0.3 is 15.4 Å². The van der Waals surface area contributed by atoms with Gasteiger partial charge in [0.15, 0.2) is 0 Å². The Kier molecular flexibility index (Phi) is 4.44. The molecule has 0 saturated carbocycles. The molecule has 1 aromatic heterocycles. The summed E-state index contributed by atoms with van der Waals surface area (Å²) in [5.74, 6) is -1.90. The van der Waals surface area contributed by atoms with Crippen LogP contribution in [0.3, 0.4) is 0 Å². The zero-order valence-corrected chi connectivity index (χ0v) is 12.9. The van der Waals surface area contributed by atoms with Crippen LogP contribution < -0.4 is 5.32 Å². The molecule has 0 aliphatic heterocycles. The van der Waals surface area contributed by atoms with Crippen LogP contribution in [0, 0.1) is 5.92 Å². The van der Waals surface area contributed by atoms with E-state index in [1.165, 1.54) is 0 Å². The number of fused-ring (bicyclic) bond motifs is 1. The summed E-state index contributed by atoms with van der Waals surface area (Å²) in [6.07, 6.45) is 0. The van der Waals surface area contributed by atoms with Crippen molar-refractivity contribution in [3.8, 4) is 0 Å². The van der Waals surface area contributed by atoms with Gasteiger partial charge in [0.05, 0.1) is 5.02 Å². The van der Waals surface area contributed by atoms with Crippen molar-refractivity contribution in [2.75, 3.05) is 0 Å². The number of carbonyl (C=O) groups excluding carboxylic acids is 1. The van der Waals surface area contributed by atoms with E-state index >= 15 is 0 Å². The highest BCUT2D eigenvalue weighted by Crippen LogP contribution is 2.29. The summed E-state index contributed by atoms with van der Waals surface area (Å²) in [4.78, 5) is 26.2. The van der Waals surface area contributed by atoms with Gasteiger partial charge in [-0.2, -0.15) is 0 Å². The molecule has 0 aliphatic rings. The minimum atomic E-state index is -1.09. The predicted molar refractivity (Wildman–Crippen MR) is 82.0 cm³/mol. The SMILES string of the molecule is CC(C)C(NC(=O)c1[nH]c2ccc(Cl)cc2c1Cl)C(=O)O. The van der Waals surface area contributed by atoms with Crippen LogP contribution in [0.2, 0.25) is 10.0 Å². The smallest absolute Gasteiger partial charge is 0.326 e. The largest absolute Gasteiger partial charge is 0.480 e. The molecule has 2 rings (SSSR count). The summed E-state index contributed by atoms with van der Waals surface area (Å²) in [5, 5.41) is 12.9. The standard InChI is InChI=1S/C14H14Cl2N2O3/c1-6(2)11(14(20)21)18-13(19)12-10(16)8-5-7(15)3-4-9(8)17-12/h3-6,11,17H,1-2H3,(H,18,19)(H,20,21). The molecular formula is C14H14Cl2N2O3. The van der Waals surface area contributed by atoms with E-state index < -0.39 is 17.9 Å². The first-order valence-corrected chi connectivity index (χ1v) is 7.07. The molecule has 5 nitrogen and oxygen atoms in total. The number of carbonyl (C=O) groups is 2. The number of amides is 1. The Hall–Kier alpha value is -1.72. The average molecular weight is 329 g/mol. The van der Waals surface area contributed by atoms with Crippen molar-refractivity contribution < 1.29 is 14.7 Å². The van der Waals surface area contributed by atoms with Crippen LogP contribution in [0.5, 0.6) is 0 Å². The Balaban J connectivity index is 2.35. The number of hydrogen-bond acceptors (Lipinski definition) is 2. The van der Waals surface area contributed by atoms with Crippen molar-refractivity contribution in [1.29, 1.82) is 0 Å². The van der Waals surface area contributed by atoms with Gasteiger partial charge in [0.25, 0.3) is 5.91 Å². The summed E-state index contributed by atoms with van der Waals surface area (Å²) in [6.45, 7) is 3.43. The first-order valence-electron chi connectivity index (χ1n) is 6.31. The zero-order valence-electron chi connectivity index (χ0n) is 11.4. The van der Waals surface area contributed by atoms with Gasteiger partial charge in [0.2, 0.25) is 0 Å². The van der Waals surface area contributed by atoms with Crippen molar-refractivity contribution in [2.24, 2.45) is 5.92 Å². The summed E-state index contributed by atoms with van der Waals surface area (Å²) >= 11 is 12.1. The Morgan fingerprint density at radius 2 is 1.95 bits per heavy atom. The molecule has 7 heteroatoms. The van der Waals surface area contributed by atoms with E-state index in [1.54, 1.807) is 32.0 Å². The number of aliphatic carboxylic acids is 1. The quantitative estimate of drug-likeness (QED) is 0.805. The summed E-state index contributed by atoms with van der Waals surface area (Å²) in [5.41, 5.74) is 0.784. The van der Waals surface area contributed by atoms with E-state index in [4.69, 9.17) is 28.3 Å². The molecule has 1 aromatic carbocycles. The van der Waals surface area contributed by atoms with Gasteiger partial charge in [0.1, 0.15) is 11.7 Å². The maximum Gasteiger partial charge on any atom is 0.326 e. The minimum Gasteiger partial charge on any atom is -0.480 e. The van der Waals surface area contributed by atoms with Crippen LogP contribution in [0.1, 0.15) is 24.3 Å². The van der Waals surface area contributed by atoms with Gasteiger partial charge in [-0.3, -0.25) is 4.79 Å². The van der Waals surface area contributed by atoms with Gasteiger partial charge in [-0.05, 0) is 24.1 Å². The second-order valence-corrected chi connectivity index (χ2v) is 5.85. The number of nitrogens with one attached hydrogen (secondary N) is 2. The summed E-state index contributed by atoms with van der Waals surface area (Å²) < 4.78 is 0. The van der Waals surface area contributed by atoms with Crippen molar-refractivity contribution in [3.05, 3.63) is 33.9 Å². The summed E-state index contributed by atoms with van der Waals surface area (Å²) in [7, 11) is 0. The van der Waals surface area contributed by atoms with Crippen LogP contribution in [-0.2, 0) is 4.79 Å². The lowest BCUT2D eigenvalue weighted by Crippen LogP contribution is -2.44. The fourth-order valence-electron chi connectivity index (χ4n) is 2.01. The molecule has 1 atom stereocenters. The van der Waals surface area contributed by atoms with E-state index in [2.05, 4.69) is 10.3 Å². The Morgan fingerprint density at radius 3 is 2.52 bits per heavy atom. The van der Waals surface area contributed by atoms with Crippen molar-refractivity contribution >= 4 is 46.0 Å². The first kappa shape index (κ1) is 15.7. The Morgan fingerprint density at radius 1 is 1.29 bits per heavy atom. The number of carboxylic acid groups (broad SMARTS) is 1. The van der Waals surface area contributed by atoms with Crippen LogP contribution in [0.4, 0.5) is 0 Å². The van der Waals surface area contributed by atoms with Gasteiger partial charge in [-0.1, -0.05) is 37.0 Å². The highest BCUT2D eigenvalue weighted by Gasteiger charge is 2.26. The molecule has 1 amide bonds. The lowest BCUT2D eigenvalue weighted by Gasteiger charge is -2.17. The third kappa shape index (κ3) is 3.14. The summed E-state index contributed by atoms with van der Waals surface area (Å²) in [6, 6.07) is 4.04. The highest BCUT2D eigenvalue weighted by molar-refractivity contribution is 6.39. The van der Waals surface area contributed by atoms with Crippen LogP contribution in [-0.4, -0.2) is 28.0 Å². The lowest BCUT2D eigenvalue weighted by molar-refractivity contribution is -0.140. The molecule has 0 saturated heterocycles. The van der Waals surface area contributed by atoms with Crippen LogP contribution in [0.25, 0.3) is 10.9 Å². The van der Waals surface area contributed by atoms with E-state index in [9.17, 15) is 9.59 Å². The second kappa shape index (κ2) is 5.95. The van der Waals surface area contributed by atoms with Crippen LogP contribution in [0.15, 0.2) is 18.2 Å². The molecule has 112 valence electrons. The van der Waals surface area contributed by atoms with E-state index in [0.29, 0.717) is 15.9 Å². The molecule has 1 heterocycles. The van der Waals surface area contributed by atoms with Crippen LogP contribution >= 0.6 is 23.2 Å². The number of aromatic amines is 1. The maximum absolute atomic E-state index is 12.2. The Bertz CT molecular complexity index is 710. The normalized spacial score (nSPS) is 12.6. The average Bonchev–Trinajstić information content (AvgIpc) is 2.72. The fraction of sp³-hybridized carbons (Fsp3) is 0.286. The molecule has 0 radical (unpaired) electrons. The number of H-pyrrole nitrogens is 1. The molecule has 0 bridgehead atoms. The lowest BCUT2D eigenvalue weighted by atomic mass is 10.0. The van der Waals surface area contributed by atoms with Gasteiger partial charge in [-0.25, -0.2) is 4.79 Å².